The number of aryl methyl sites for hydroxylation is 1. The van der Waals surface area contributed by atoms with Crippen LogP contribution in [0.2, 0.25) is 0 Å². The fourth-order valence-corrected chi connectivity index (χ4v) is 2.78. The highest BCUT2D eigenvalue weighted by Gasteiger charge is 2.23. The fraction of sp³-hybridized carbons (Fsp3) is 0.625. The van der Waals surface area contributed by atoms with E-state index < -0.39 is 6.10 Å². The molecular formula is C16H25N3O2. The molecule has 0 saturated heterocycles. The van der Waals surface area contributed by atoms with Gasteiger partial charge in [0.15, 0.2) is 0 Å². The summed E-state index contributed by atoms with van der Waals surface area (Å²) in [5.41, 5.74) is 1.40. The van der Waals surface area contributed by atoms with Crippen LogP contribution < -0.4 is 10.6 Å². The number of hydrogen-bond donors (Lipinski definition) is 3. The van der Waals surface area contributed by atoms with Gasteiger partial charge in [0.05, 0.1) is 12.1 Å². The molecule has 1 fully saturated rings. The minimum absolute atomic E-state index is 0.134. The summed E-state index contributed by atoms with van der Waals surface area (Å²) < 4.78 is 0. The number of carbonyl (C=O) groups excluding carboxylic acids is 1. The number of rotatable bonds is 4. The summed E-state index contributed by atoms with van der Waals surface area (Å²) in [6.45, 7) is 4.63. The predicted molar refractivity (Wildman–Crippen MR) is 83.5 cm³/mol. The minimum Gasteiger partial charge on any atom is -0.391 e. The molecule has 0 aromatic carbocycles. The van der Waals surface area contributed by atoms with E-state index in [1.54, 1.807) is 12.1 Å². The van der Waals surface area contributed by atoms with Crippen molar-refractivity contribution in [3.8, 4) is 0 Å². The van der Waals surface area contributed by atoms with Crippen LogP contribution in [-0.2, 0) is 0 Å². The smallest absolute Gasteiger partial charge is 0.251 e. The molecule has 2 atom stereocenters. The third kappa shape index (κ3) is 4.43. The Kier molecular flexibility index (Phi) is 5.56. The summed E-state index contributed by atoms with van der Waals surface area (Å²) >= 11 is 0. The molecule has 0 spiro atoms. The quantitative estimate of drug-likeness (QED) is 0.744. The molecule has 1 saturated carbocycles. The van der Waals surface area contributed by atoms with Crippen molar-refractivity contribution >= 4 is 11.7 Å². The SMILES string of the molecule is CCNc1cc(C(=O)NC2CCCCCC2O)cc(C)n1. The van der Waals surface area contributed by atoms with E-state index in [4.69, 9.17) is 0 Å². The molecule has 5 heteroatoms. The molecule has 116 valence electrons. The van der Waals surface area contributed by atoms with Crippen LogP contribution in [0.5, 0.6) is 0 Å². The number of aromatic nitrogens is 1. The largest absolute Gasteiger partial charge is 0.391 e. The molecule has 0 aliphatic heterocycles. The summed E-state index contributed by atoms with van der Waals surface area (Å²) in [6.07, 6.45) is 4.39. The van der Waals surface area contributed by atoms with Gasteiger partial charge in [0.25, 0.3) is 5.91 Å². The molecule has 3 N–H and O–H groups in total. The maximum Gasteiger partial charge on any atom is 0.251 e. The highest BCUT2D eigenvalue weighted by Crippen LogP contribution is 2.19. The molecule has 1 aliphatic rings. The molecule has 5 nitrogen and oxygen atoms in total. The number of carbonyl (C=O) groups is 1. The first-order valence-electron chi connectivity index (χ1n) is 7.81. The zero-order chi connectivity index (χ0) is 15.2. The predicted octanol–water partition coefficient (Wildman–Crippen LogP) is 2.25. The Morgan fingerprint density at radius 1 is 1.33 bits per heavy atom. The van der Waals surface area contributed by atoms with Crippen LogP contribution in [0.15, 0.2) is 12.1 Å². The van der Waals surface area contributed by atoms with Gasteiger partial charge in [-0.1, -0.05) is 19.3 Å². The van der Waals surface area contributed by atoms with Gasteiger partial charge in [0, 0.05) is 17.8 Å². The van der Waals surface area contributed by atoms with Crippen LogP contribution in [0.25, 0.3) is 0 Å². The first-order chi connectivity index (χ1) is 10.1. The van der Waals surface area contributed by atoms with Crippen LogP contribution in [0.1, 0.15) is 55.1 Å². The van der Waals surface area contributed by atoms with Gasteiger partial charge < -0.3 is 15.7 Å². The average molecular weight is 291 g/mol. The van der Waals surface area contributed by atoms with E-state index in [1.165, 1.54) is 0 Å². The van der Waals surface area contributed by atoms with Crippen molar-refractivity contribution in [1.29, 1.82) is 0 Å². The number of nitrogens with one attached hydrogen (secondary N) is 2. The molecule has 1 aromatic heterocycles. The molecule has 0 radical (unpaired) electrons. The number of amides is 1. The third-order valence-corrected chi connectivity index (χ3v) is 3.87. The van der Waals surface area contributed by atoms with E-state index >= 15 is 0 Å². The van der Waals surface area contributed by atoms with Gasteiger partial charge >= 0.3 is 0 Å². The normalized spacial score (nSPS) is 22.4. The number of pyridine rings is 1. The number of anilines is 1. The summed E-state index contributed by atoms with van der Waals surface area (Å²) in [6, 6.07) is 3.39. The van der Waals surface area contributed by atoms with Gasteiger partial charge in [-0.05, 0) is 38.8 Å². The molecule has 1 amide bonds. The van der Waals surface area contributed by atoms with E-state index in [1.807, 2.05) is 13.8 Å². The topological polar surface area (TPSA) is 74.2 Å². The van der Waals surface area contributed by atoms with Crippen LogP contribution in [0.4, 0.5) is 5.82 Å². The van der Waals surface area contributed by atoms with Crippen LogP contribution >= 0.6 is 0 Å². The lowest BCUT2D eigenvalue weighted by atomic mass is 10.1. The van der Waals surface area contributed by atoms with E-state index in [0.29, 0.717) is 11.4 Å². The van der Waals surface area contributed by atoms with Crippen LogP contribution in [0.3, 0.4) is 0 Å². The number of aliphatic hydroxyl groups excluding tert-OH is 1. The Bertz CT molecular complexity index is 490. The summed E-state index contributed by atoms with van der Waals surface area (Å²) in [5.74, 6) is 0.578. The second-order valence-corrected chi connectivity index (χ2v) is 5.70. The van der Waals surface area contributed by atoms with Crippen molar-refractivity contribution in [3.63, 3.8) is 0 Å². The Morgan fingerprint density at radius 2 is 2.10 bits per heavy atom. The lowest BCUT2D eigenvalue weighted by molar-refractivity contribution is 0.0818. The minimum atomic E-state index is -0.437. The highest BCUT2D eigenvalue weighted by molar-refractivity contribution is 5.95. The van der Waals surface area contributed by atoms with Crippen LogP contribution in [-0.4, -0.2) is 34.7 Å². The molecule has 2 unspecified atom stereocenters. The van der Waals surface area contributed by atoms with Crippen molar-refractivity contribution in [2.75, 3.05) is 11.9 Å². The fourth-order valence-electron chi connectivity index (χ4n) is 2.78. The maximum atomic E-state index is 12.4. The van der Waals surface area contributed by atoms with Crippen molar-refractivity contribution in [2.24, 2.45) is 0 Å². The highest BCUT2D eigenvalue weighted by atomic mass is 16.3. The van der Waals surface area contributed by atoms with Crippen molar-refractivity contribution in [1.82, 2.24) is 10.3 Å². The van der Waals surface area contributed by atoms with Gasteiger partial charge in [0.1, 0.15) is 5.82 Å². The number of nitrogens with zero attached hydrogens (tertiary/aromatic N) is 1. The molecule has 1 aliphatic carbocycles. The summed E-state index contributed by atoms with van der Waals surface area (Å²) in [4.78, 5) is 16.7. The molecule has 1 heterocycles. The molecule has 21 heavy (non-hydrogen) atoms. The molecule has 1 aromatic rings. The van der Waals surface area contributed by atoms with Gasteiger partial charge in [0.2, 0.25) is 0 Å². The lowest BCUT2D eigenvalue weighted by Crippen LogP contribution is -2.42. The second-order valence-electron chi connectivity index (χ2n) is 5.70. The van der Waals surface area contributed by atoms with E-state index in [2.05, 4.69) is 15.6 Å². The van der Waals surface area contributed by atoms with Gasteiger partial charge in [-0.15, -0.1) is 0 Å². The Morgan fingerprint density at radius 3 is 2.86 bits per heavy atom. The molecular weight excluding hydrogens is 266 g/mol. The Balaban J connectivity index is 2.08. The monoisotopic (exact) mass is 291 g/mol. The molecule has 2 rings (SSSR count). The van der Waals surface area contributed by atoms with E-state index in [0.717, 1.165) is 44.3 Å². The first-order valence-corrected chi connectivity index (χ1v) is 7.81. The summed E-state index contributed by atoms with van der Waals surface area (Å²) in [5, 5.41) is 16.2. The first kappa shape index (κ1) is 15.8. The zero-order valence-electron chi connectivity index (χ0n) is 12.9. The van der Waals surface area contributed by atoms with Crippen molar-refractivity contribution in [3.05, 3.63) is 23.4 Å². The lowest BCUT2D eigenvalue weighted by Gasteiger charge is -2.22. The Hall–Kier alpha value is -1.62. The zero-order valence-corrected chi connectivity index (χ0v) is 12.9. The van der Waals surface area contributed by atoms with Crippen molar-refractivity contribution < 1.29 is 9.90 Å². The Labute approximate surface area is 126 Å². The third-order valence-electron chi connectivity index (χ3n) is 3.87. The number of aliphatic hydroxyl groups is 1. The van der Waals surface area contributed by atoms with E-state index in [-0.39, 0.29) is 11.9 Å². The standard InChI is InChI=1S/C16H25N3O2/c1-3-17-15-10-12(9-11(2)18-15)16(21)19-13-7-5-4-6-8-14(13)20/h9-10,13-14,20H,3-8H2,1-2H3,(H,17,18)(H,19,21). The molecule has 0 bridgehead atoms. The van der Waals surface area contributed by atoms with Crippen molar-refractivity contribution in [2.45, 2.75) is 58.1 Å². The van der Waals surface area contributed by atoms with Crippen LogP contribution in [0, 0.1) is 6.92 Å². The van der Waals surface area contributed by atoms with Gasteiger partial charge in [-0.2, -0.15) is 0 Å². The number of hydrogen-bond acceptors (Lipinski definition) is 4. The van der Waals surface area contributed by atoms with Gasteiger partial charge in [-0.3, -0.25) is 4.79 Å². The maximum absolute atomic E-state index is 12.4. The summed E-state index contributed by atoms with van der Waals surface area (Å²) in [7, 11) is 0. The average Bonchev–Trinajstić information content (AvgIpc) is 2.64. The van der Waals surface area contributed by atoms with E-state index in [9.17, 15) is 9.90 Å². The van der Waals surface area contributed by atoms with Gasteiger partial charge in [-0.25, -0.2) is 4.98 Å². The second kappa shape index (κ2) is 7.41.